The van der Waals surface area contributed by atoms with Crippen LogP contribution in [-0.4, -0.2) is 528 Å². The molecule has 10 saturated heterocycles. The van der Waals surface area contributed by atoms with Gasteiger partial charge in [0.15, 0.2) is 62.9 Å². The summed E-state index contributed by atoms with van der Waals surface area (Å²) in [6.45, 7) is -4.83. The molecule has 0 aliphatic carbocycles. The van der Waals surface area contributed by atoms with Gasteiger partial charge in [0, 0.05) is 27.7 Å². The molecule has 0 aromatic heterocycles. The summed E-state index contributed by atoms with van der Waals surface area (Å²) in [6.07, 6.45) is -95.2. The van der Waals surface area contributed by atoms with Crippen LogP contribution >= 0.6 is 0 Å². The first-order valence-corrected chi connectivity index (χ1v) is 39.0. The first-order chi connectivity index (χ1) is 57.7. The lowest BCUT2D eigenvalue weighted by Crippen LogP contribution is -2.71. The fourth-order valence-electron chi connectivity index (χ4n) is 15.8. The summed E-state index contributed by atoms with van der Waals surface area (Å²) in [4.78, 5) is 51.6. The Labute approximate surface area is 691 Å². The maximum absolute atomic E-state index is 13.3. The first-order valence-electron chi connectivity index (χ1n) is 39.0. The minimum absolute atomic E-state index is 0.846. The molecule has 4 amide bonds. The SMILES string of the molecule is CC(=O)N[C@@H]1[C@@H](O)[C@H](O[C@@H]2O[C@H](CO)[C@@H](O[C@@H]3O[C@H](CO[C@H]4O[C@H](CO)[C@@H](O)[C@H](O)[C@@H]4O[C@@H]4O[C@H](CO)[C@@H](O[C@@H]5O[C@H](CO)[C@H](O)[C@H](O)[C@H]5O)[C@H](O)[C@H]4NC(C)=O)[C@@H](O)[C@H](O[C@H]4O[C@H](CO)[C@@H](O)[C@H](O)[C@@H]4O[C@@H]4O[C@H](CO)[C@@H](O[C@@H]5O[C@H](CO)[C@H](O)[C@H](O)[C@H]5O)[C@H](O)[C@H]4NC(C)=O)[C@@H]3O)[C@H](O)[C@H]2NC(C)=O)[C@@H](CO[C@H]2O[C@@H](C)[C@@H](O)[C@@H](O)[C@@H]2O)O[C@H]1O. The van der Waals surface area contributed by atoms with Crippen molar-refractivity contribution in [1.29, 1.82) is 0 Å². The highest BCUT2D eigenvalue weighted by molar-refractivity contribution is 5.74. The molecule has 10 aliphatic rings. The Hall–Kier alpha value is -3.96. The Balaban J connectivity index is 0.983. The number of carbonyl (C=O) groups is 4. The Bertz CT molecular complexity index is 3290. The topological polar surface area (TPSA) is 838 Å². The van der Waals surface area contributed by atoms with Crippen molar-refractivity contribution in [2.24, 2.45) is 0 Å². The molecule has 10 heterocycles. The van der Waals surface area contributed by atoms with Crippen molar-refractivity contribution in [3.05, 3.63) is 0 Å². The summed E-state index contributed by atoms with van der Waals surface area (Å²) in [5.41, 5.74) is 0. The monoisotopic (exact) mass is 1790 g/mol. The number of rotatable bonds is 31. The lowest BCUT2D eigenvalue weighted by molar-refractivity contribution is -0.399. The summed E-state index contributed by atoms with van der Waals surface area (Å²) in [5.74, 6) is -3.76. The van der Waals surface area contributed by atoms with Gasteiger partial charge in [-0.2, -0.15) is 0 Å². The number of amides is 4. The Morgan fingerprint density at radius 3 is 0.893 bits per heavy atom. The van der Waals surface area contributed by atoms with Crippen LogP contribution in [0.2, 0.25) is 0 Å². The molecule has 0 aromatic carbocycles. The van der Waals surface area contributed by atoms with Crippen LogP contribution in [0.25, 0.3) is 0 Å². The van der Waals surface area contributed by atoms with E-state index < -0.39 is 390 Å². The van der Waals surface area contributed by atoms with Gasteiger partial charge in [-0.15, -0.1) is 0 Å². The minimum Gasteiger partial charge on any atom is -0.394 e. The fraction of sp³-hybridized carbons (Fsp3) is 0.941. The Morgan fingerprint density at radius 2 is 0.500 bits per heavy atom. The third-order valence-corrected chi connectivity index (χ3v) is 22.4. The number of aliphatic hydroxyl groups excluding tert-OH is 27. The first kappa shape index (κ1) is 100. The summed E-state index contributed by atoms with van der Waals surface area (Å²) in [6, 6.07) is -7.69. The minimum atomic E-state index is -2.63. The number of nitrogens with one attached hydrogen (secondary N) is 4. The van der Waals surface area contributed by atoms with E-state index in [0.717, 1.165) is 27.7 Å². The largest absolute Gasteiger partial charge is 0.394 e. The highest BCUT2D eigenvalue weighted by Gasteiger charge is 2.62. The number of carbonyl (C=O) groups excluding carboxylic acids is 4. The van der Waals surface area contributed by atoms with Gasteiger partial charge in [0.05, 0.1) is 65.6 Å². The molecule has 706 valence electrons. The molecular formula is C68H114N4O50. The smallest absolute Gasteiger partial charge is 0.217 e. The molecule has 0 radical (unpaired) electrons. The molecule has 0 aromatic rings. The highest BCUT2D eigenvalue weighted by atomic mass is 16.8. The van der Waals surface area contributed by atoms with Crippen molar-refractivity contribution in [2.45, 2.75) is 341 Å². The fourth-order valence-corrected chi connectivity index (χ4v) is 15.8. The average Bonchev–Trinajstić information content (AvgIpc) is 0.770. The van der Waals surface area contributed by atoms with Crippen molar-refractivity contribution in [2.75, 3.05) is 59.5 Å². The second kappa shape index (κ2) is 43.6. The zero-order valence-electron chi connectivity index (χ0n) is 65.7. The molecule has 0 spiro atoms. The van der Waals surface area contributed by atoms with Gasteiger partial charge >= 0.3 is 0 Å². The van der Waals surface area contributed by atoms with Gasteiger partial charge in [-0.1, -0.05) is 0 Å². The lowest BCUT2D eigenvalue weighted by Gasteiger charge is -2.51. The standard InChI is InChI=1S/C68H114N4O50/c1-15-33(84)43(94)48(99)63(106-15)104-14-28-55(39(90)29(59(103)107-28)69-16(2)80)116-60-30(70-17(3)81)40(91)54(26(12-79)112-60)119-66-51(102)56(120-68-58(47(98)37(88)23(9-76)111-68)122-62-32(72-19(5)83)42(93)53(25(11-78)114-62)118-65-50(101)45(96)35(86)21(7-74)109-65)38(89)27(115-66)13-105-67-57(46(97)36(87)22(8-75)110-67)121-61-31(71-18(4)82)41(92)52(24(10-77)113-61)117-64-49(100)44(95)34(85)20(6-73)108-64/h15,20-68,73-79,84-103H,6-14H2,1-5H3,(H,69,80)(H,70,81)(H,71,82)(H,72,83)/t15-,20+,21+,22+,23+,24+,25+,26+,27+,28+,29+,30+,31+,32+,33+,34-,35-,36+,37+,38+,39+,40+,41+,42+,43+,44-,45-,46-,47-,48-,49+,50+,51-,52+,53+,54+,55+,56-,57-,58-,59+,60-,61-,62-,63-,64-,65-,66-,67-,68+/m0/s1. The maximum atomic E-state index is 13.3. The maximum Gasteiger partial charge on any atom is 0.217 e. The van der Waals surface area contributed by atoms with Crippen LogP contribution in [0.1, 0.15) is 34.6 Å². The van der Waals surface area contributed by atoms with Crippen LogP contribution in [0.5, 0.6) is 0 Å². The molecule has 0 saturated carbocycles. The van der Waals surface area contributed by atoms with Crippen LogP contribution in [0, 0.1) is 0 Å². The van der Waals surface area contributed by atoms with Crippen LogP contribution < -0.4 is 21.3 Å². The van der Waals surface area contributed by atoms with Crippen molar-refractivity contribution < 1.29 is 247 Å². The van der Waals surface area contributed by atoms with E-state index in [0.29, 0.717) is 0 Å². The summed E-state index contributed by atoms with van der Waals surface area (Å²) in [5, 5.41) is 310. The van der Waals surface area contributed by atoms with Crippen molar-refractivity contribution in [1.82, 2.24) is 21.3 Å². The van der Waals surface area contributed by atoms with Crippen molar-refractivity contribution >= 4 is 23.6 Å². The van der Waals surface area contributed by atoms with Gasteiger partial charge < -0.3 is 249 Å². The summed E-state index contributed by atoms with van der Waals surface area (Å²) < 4.78 is 113. The lowest BCUT2D eigenvalue weighted by atomic mass is 9.93. The van der Waals surface area contributed by atoms with Gasteiger partial charge in [0.1, 0.15) is 238 Å². The van der Waals surface area contributed by atoms with E-state index in [2.05, 4.69) is 21.3 Å². The molecular weight excluding hydrogens is 1670 g/mol. The molecule has 0 unspecified atom stereocenters. The van der Waals surface area contributed by atoms with E-state index >= 15 is 0 Å². The average molecular weight is 1790 g/mol. The van der Waals surface area contributed by atoms with Gasteiger partial charge in [-0.25, -0.2) is 0 Å². The zero-order valence-corrected chi connectivity index (χ0v) is 65.7. The predicted octanol–water partition coefficient (Wildman–Crippen LogP) is -21.2. The van der Waals surface area contributed by atoms with Crippen molar-refractivity contribution in [3.63, 3.8) is 0 Å². The summed E-state index contributed by atoms with van der Waals surface area (Å²) in [7, 11) is 0. The normalized spacial score (nSPS) is 49.7. The molecule has 54 heteroatoms. The van der Waals surface area contributed by atoms with Crippen molar-refractivity contribution in [3.8, 4) is 0 Å². The van der Waals surface area contributed by atoms with Gasteiger partial charge in [-0.05, 0) is 6.92 Å². The van der Waals surface area contributed by atoms with Crippen LogP contribution in [0.15, 0.2) is 0 Å². The Kier molecular flexibility index (Phi) is 35.8. The van der Waals surface area contributed by atoms with E-state index in [1.807, 2.05) is 0 Å². The number of aliphatic hydroxyl groups is 27. The quantitative estimate of drug-likeness (QED) is 0.0306. The van der Waals surface area contributed by atoms with Gasteiger partial charge in [-0.3, -0.25) is 19.2 Å². The molecule has 31 N–H and O–H groups in total. The molecule has 10 rings (SSSR count). The Morgan fingerprint density at radius 1 is 0.230 bits per heavy atom. The number of hydrogen-bond donors (Lipinski definition) is 31. The van der Waals surface area contributed by atoms with E-state index in [9.17, 15) is 157 Å². The van der Waals surface area contributed by atoms with Crippen LogP contribution in [0.4, 0.5) is 0 Å². The van der Waals surface area contributed by atoms with Gasteiger partial charge in [0.25, 0.3) is 0 Å². The second-order valence-corrected chi connectivity index (χ2v) is 31.0. The predicted molar refractivity (Wildman–Crippen MR) is 375 cm³/mol. The number of ether oxygens (including phenoxy) is 19. The van der Waals surface area contributed by atoms with Crippen LogP contribution in [0.3, 0.4) is 0 Å². The molecule has 50 atom stereocenters. The van der Waals surface area contributed by atoms with E-state index in [4.69, 9.17) is 90.0 Å². The highest BCUT2D eigenvalue weighted by Crippen LogP contribution is 2.41. The van der Waals surface area contributed by atoms with E-state index in [1.165, 1.54) is 6.92 Å². The second-order valence-electron chi connectivity index (χ2n) is 31.0. The third kappa shape index (κ3) is 22.0. The number of hydrogen-bond acceptors (Lipinski definition) is 50. The molecule has 54 nitrogen and oxygen atoms in total. The molecule has 10 aliphatic heterocycles. The van der Waals surface area contributed by atoms with Crippen LogP contribution in [-0.2, 0) is 109 Å². The van der Waals surface area contributed by atoms with E-state index in [-0.39, 0.29) is 0 Å². The third-order valence-electron chi connectivity index (χ3n) is 22.4. The summed E-state index contributed by atoms with van der Waals surface area (Å²) >= 11 is 0. The van der Waals surface area contributed by atoms with Gasteiger partial charge in [0.2, 0.25) is 23.6 Å². The molecule has 122 heavy (non-hydrogen) atoms. The molecule has 0 bridgehead atoms. The van der Waals surface area contributed by atoms with E-state index in [1.54, 1.807) is 0 Å². The molecule has 10 fully saturated rings. The zero-order chi connectivity index (χ0) is 89.8.